The number of anilines is 1. The number of nitrogens with zero attached hydrogens (tertiary/aromatic N) is 3. The van der Waals surface area contributed by atoms with Crippen molar-refractivity contribution in [3.63, 3.8) is 0 Å². The van der Waals surface area contributed by atoms with Gasteiger partial charge in [0, 0.05) is 37.1 Å². The van der Waals surface area contributed by atoms with Gasteiger partial charge < -0.3 is 25.0 Å². The van der Waals surface area contributed by atoms with Crippen molar-refractivity contribution in [3.05, 3.63) is 46.5 Å². The molecule has 178 valence electrons. The van der Waals surface area contributed by atoms with Crippen molar-refractivity contribution in [1.29, 1.82) is 0 Å². The van der Waals surface area contributed by atoms with E-state index >= 15 is 0 Å². The van der Waals surface area contributed by atoms with Gasteiger partial charge in [-0.2, -0.15) is 0 Å². The van der Waals surface area contributed by atoms with E-state index in [0.717, 1.165) is 31.6 Å². The third kappa shape index (κ3) is 6.77. The summed E-state index contributed by atoms with van der Waals surface area (Å²) in [6.45, 7) is 3.43. The first kappa shape index (κ1) is 24.7. The van der Waals surface area contributed by atoms with Crippen molar-refractivity contribution in [3.8, 4) is 0 Å². The number of aliphatic hydroxyl groups excluding tert-OH is 2. The van der Waals surface area contributed by atoms with Gasteiger partial charge in [0.1, 0.15) is 0 Å². The van der Waals surface area contributed by atoms with Crippen molar-refractivity contribution in [1.82, 2.24) is 14.5 Å². The van der Waals surface area contributed by atoms with Crippen molar-refractivity contribution >= 4 is 5.82 Å². The van der Waals surface area contributed by atoms with Gasteiger partial charge in [-0.15, -0.1) is 0 Å². The summed E-state index contributed by atoms with van der Waals surface area (Å²) in [7, 11) is 0. The van der Waals surface area contributed by atoms with Gasteiger partial charge in [-0.3, -0.25) is 4.79 Å². The molecule has 1 saturated carbocycles. The number of hydrogen-bond donors (Lipinski definition) is 3. The minimum absolute atomic E-state index is 0.106. The molecule has 1 aromatic heterocycles. The van der Waals surface area contributed by atoms with E-state index in [-0.39, 0.29) is 30.6 Å². The Bertz CT molecular complexity index is 807. The van der Waals surface area contributed by atoms with Crippen LogP contribution in [0.15, 0.2) is 35.3 Å². The first-order valence-electron chi connectivity index (χ1n) is 12.3. The Kier molecular flexibility index (Phi) is 9.96. The lowest BCUT2D eigenvalue weighted by atomic mass is 9.93. The molecular weight excluding hydrogens is 404 g/mol. The van der Waals surface area contributed by atoms with Crippen LogP contribution >= 0.6 is 0 Å². The third-order valence-electron chi connectivity index (χ3n) is 6.89. The van der Waals surface area contributed by atoms with Crippen LogP contribution < -0.4 is 10.9 Å². The van der Waals surface area contributed by atoms with Gasteiger partial charge in [-0.1, -0.05) is 44.2 Å². The van der Waals surface area contributed by atoms with Crippen LogP contribution in [-0.4, -0.2) is 63.1 Å². The Hall–Kier alpha value is -1.96. The van der Waals surface area contributed by atoms with Crippen LogP contribution in [-0.2, 0) is 0 Å². The molecule has 3 rings (SSSR count). The highest BCUT2D eigenvalue weighted by atomic mass is 16.3. The van der Waals surface area contributed by atoms with E-state index in [2.05, 4.69) is 15.2 Å². The van der Waals surface area contributed by atoms with Gasteiger partial charge in [-0.05, 0) is 44.7 Å². The minimum Gasteiger partial charge on any atom is -0.394 e. The first-order chi connectivity index (χ1) is 15.6. The molecule has 0 atom stereocenters. The molecule has 1 aliphatic carbocycles. The normalized spacial score (nSPS) is 19.2. The summed E-state index contributed by atoms with van der Waals surface area (Å²) in [5, 5.41) is 21.9. The molecule has 3 N–H and O–H groups in total. The summed E-state index contributed by atoms with van der Waals surface area (Å²) in [5.41, 5.74) is 0.667. The number of nitrogens with one attached hydrogen (secondary N) is 1. The second kappa shape index (κ2) is 12.9. The molecule has 32 heavy (non-hydrogen) atoms. The summed E-state index contributed by atoms with van der Waals surface area (Å²) in [4.78, 5) is 20.5. The Labute approximate surface area is 191 Å². The van der Waals surface area contributed by atoms with Crippen LogP contribution in [0.5, 0.6) is 0 Å². The number of aliphatic hydroxyl groups is 2. The molecule has 0 bridgehead atoms. The number of hydrogen-bond acceptors (Lipinski definition) is 6. The number of aryl methyl sites for hydroxylation is 1. The van der Waals surface area contributed by atoms with Crippen molar-refractivity contribution in [2.24, 2.45) is 0 Å². The molecule has 7 heteroatoms. The van der Waals surface area contributed by atoms with E-state index in [0.29, 0.717) is 6.04 Å². The zero-order valence-corrected chi connectivity index (χ0v) is 19.5. The summed E-state index contributed by atoms with van der Waals surface area (Å²) >= 11 is 0. The fourth-order valence-electron chi connectivity index (χ4n) is 5.04. The minimum atomic E-state index is -0.628. The second-order valence-electron chi connectivity index (χ2n) is 9.16. The molecule has 2 heterocycles. The lowest BCUT2D eigenvalue weighted by Gasteiger charge is -2.39. The van der Waals surface area contributed by atoms with Gasteiger partial charge in [0.25, 0.3) is 5.56 Å². The molecule has 1 aliphatic heterocycles. The summed E-state index contributed by atoms with van der Waals surface area (Å²) in [5.74, 6) is 0.153. The summed E-state index contributed by atoms with van der Waals surface area (Å²) < 4.78 is 1.86. The van der Waals surface area contributed by atoms with Crippen molar-refractivity contribution in [2.45, 2.75) is 82.8 Å². The molecule has 1 aromatic rings. The molecule has 0 amide bonds. The van der Waals surface area contributed by atoms with Gasteiger partial charge in [0.15, 0.2) is 5.82 Å². The average Bonchev–Trinajstić information content (AvgIpc) is 2.78. The maximum Gasteiger partial charge on any atom is 0.293 e. The van der Waals surface area contributed by atoms with E-state index in [1.165, 1.54) is 44.9 Å². The molecule has 0 spiro atoms. The highest BCUT2D eigenvalue weighted by Crippen LogP contribution is 2.28. The smallest absolute Gasteiger partial charge is 0.293 e. The van der Waals surface area contributed by atoms with Crippen molar-refractivity contribution < 1.29 is 10.2 Å². The van der Waals surface area contributed by atoms with E-state index < -0.39 is 6.04 Å². The number of piperidine rings is 1. The van der Waals surface area contributed by atoms with E-state index in [1.807, 2.05) is 29.7 Å². The molecule has 1 saturated heterocycles. The molecule has 7 nitrogen and oxygen atoms in total. The lowest BCUT2D eigenvalue weighted by Crippen LogP contribution is -2.44. The third-order valence-corrected chi connectivity index (χ3v) is 6.89. The maximum atomic E-state index is 13.6. The predicted molar refractivity (Wildman–Crippen MR) is 128 cm³/mol. The van der Waals surface area contributed by atoms with Crippen LogP contribution in [0.1, 0.15) is 69.5 Å². The topological polar surface area (TPSA) is 90.6 Å². The monoisotopic (exact) mass is 444 g/mol. The molecule has 0 aromatic carbocycles. The zero-order chi connectivity index (χ0) is 22.8. The zero-order valence-electron chi connectivity index (χ0n) is 19.5. The quantitative estimate of drug-likeness (QED) is 0.624. The fraction of sp³-hybridized carbons (Fsp3) is 0.680. The Morgan fingerprint density at radius 3 is 2.28 bits per heavy atom. The standard InChI is InChI=1S/C25H40N4O3/c1-20-10-6-5-9-15-26-24(27-21(18-30)19-31)25(32)29(20)23-13-16-28(17-14-23)22-11-7-3-2-4-8-12-22/h5-6,9-10,15,21-23,30-31H,2-4,7-8,11-14,16-19H2,1H3,(H,26,27). The van der Waals surface area contributed by atoms with E-state index in [9.17, 15) is 15.0 Å². The van der Waals surface area contributed by atoms with Crippen LogP contribution in [0.4, 0.5) is 5.82 Å². The highest BCUT2D eigenvalue weighted by Gasteiger charge is 2.27. The van der Waals surface area contributed by atoms with Gasteiger partial charge in [0.2, 0.25) is 0 Å². The summed E-state index contributed by atoms with van der Waals surface area (Å²) in [6, 6.07) is 7.69. The molecule has 0 radical (unpaired) electrons. The Balaban J connectivity index is 1.85. The largest absolute Gasteiger partial charge is 0.394 e. The van der Waals surface area contributed by atoms with E-state index in [4.69, 9.17) is 0 Å². The van der Waals surface area contributed by atoms with Crippen LogP contribution in [0, 0.1) is 6.92 Å². The van der Waals surface area contributed by atoms with Gasteiger partial charge >= 0.3 is 0 Å². The maximum absolute atomic E-state index is 13.6. The number of likely N-dealkylation sites (tertiary alicyclic amines) is 1. The molecule has 0 unspecified atom stereocenters. The van der Waals surface area contributed by atoms with Gasteiger partial charge in [0.05, 0.1) is 19.3 Å². The van der Waals surface area contributed by atoms with Crippen LogP contribution in [0.3, 0.4) is 0 Å². The average molecular weight is 445 g/mol. The molecule has 2 fully saturated rings. The highest BCUT2D eigenvalue weighted by molar-refractivity contribution is 5.32. The fourth-order valence-corrected chi connectivity index (χ4v) is 5.04. The first-order valence-corrected chi connectivity index (χ1v) is 12.3. The second-order valence-corrected chi connectivity index (χ2v) is 9.16. The summed E-state index contributed by atoms with van der Waals surface area (Å²) in [6.07, 6.45) is 12.8. The number of aromatic nitrogens is 2. The molecule has 2 aliphatic rings. The SMILES string of the molecule is Cc1cccccnc(NC(CO)CO)c(=O)n1C1CCN(C2CCCCCCC2)CC1. The van der Waals surface area contributed by atoms with Gasteiger partial charge in [-0.25, -0.2) is 4.98 Å². The van der Waals surface area contributed by atoms with Crippen molar-refractivity contribution in [2.75, 3.05) is 31.6 Å². The Morgan fingerprint density at radius 1 is 0.969 bits per heavy atom. The van der Waals surface area contributed by atoms with Crippen LogP contribution in [0.2, 0.25) is 0 Å². The number of rotatable bonds is 6. The van der Waals surface area contributed by atoms with Crippen LogP contribution in [0.25, 0.3) is 0 Å². The lowest BCUT2D eigenvalue weighted by molar-refractivity contribution is 0.114. The van der Waals surface area contributed by atoms with E-state index in [1.54, 1.807) is 12.3 Å². The predicted octanol–water partition coefficient (Wildman–Crippen LogP) is 3.19. The molecular formula is C25H40N4O3. The Morgan fingerprint density at radius 2 is 1.62 bits per heavy atom.